The molecule has 8 nitrogen and oxygen atoms in total. The molecule has 0 spiro atoms. The van der Waals surface area contributed by atoms with Crippen molar-refractivity contribution < 1.29 is 9.72 Å². The van der Waals surface area contributed by atoms with E-state index in [2.05, 4.69) is 44.7 Å². The first kappa shape index (κ1) is 27.2. The molecule has 212 valence electrons. The van der Waals surface area contributed by atoms with Crippen molar-refractivity contribution in [3.05, 3.63) is 99.1 Å². The van der Waals surface area contributed by atoms with Crippen molar-refractivity contribution in [2.45, 2.75) is 45.1 Å². The molecule has 3 aliphatic heterocycles. The zero-order valence-electron chi connectivity index (χ0n) is 23.4. The second-order valence-corrected chi connectivity index (χ2v) is 11.3. The minimum absolute atomic E-state index is 0.0447. The van der Waals surface area contributed by atoms with E-state index in [0.29, 0.717) is 22.5 Å². The van der Waals surface area contributed by atoms with Gasteiger partial charge in [-0.15, -0.1) is 0 Å². The van der Waals surface area contributed by atoms with Crippen LogP contribution in [0.25, 0.3) is 11.3 Å². The average molecular weight is 552 g/mol. The lowest BCUT2D eigenvalue weighted by Gasteiger charge is -2.17. The minimum Gasteiger partial charge on any atom is -0.354 e. The van der Waals surface area contributed by atoms with Gasteiger partial charge in [-0.2, -0.15) is 0 Å². The number of rotatable bonds is 10. The van der Waals surface area contributed by atoms with Crippen LogP contribution < -0.4 is 10.6 Å². The van der Waals surface area contributed by atoms with Crippen molar-refractivity contribution in [3.8, 4) is 0 Å². The first-order valence-corrected chi connectivity index (χ1v) is 14.8. The number of nitro benzene ring substituents is 1. The van der Waals surface area contributed by atoms with Crippen molar-refractivity contribution in [3.63, 3.8) is 0 Å². The first-order chi connectivity index (χ1) is 20.0. The summed E-state index contributed by atoms with van der Waals surface area (Å²) in [5.74, 6) is -0.275. The van der Waals surface area contributed by atoms with Crippen LogP contribution in [-0.2, 0) is 17.8 Å². The molecule has 8 heteroatoms. The van der Waals surface area contributed by atoms with Crippen LogP contribution in [0.15, 0.2) is 66.7 Å². The number of aryl methyl sites for hydroxylation is 1. The number of nitrogens with zero attached hydrogens (tertiary/aromatic N) is 3. The molecule has 2 saturated heterocycles. The third-order valence-corrected chi connectivity index (χ3v) is 8.42. The van der Waals surface area contributed by atoms with Crippen LogP contribution in [0.3, 0.4) is 0 Å². The zero-order valence-corrected chi connectivity index (χ0v) is 23.4. The molecule has 1 amide bonds. The molecule has 41 heavy (non-hydrogen) atoms. The van der Waals surface area contributed by atoms with E-state index in [1.807, 2.05) is 24.3 Å². The molecule has 3 aromatic carbocycles. The Morgan fingerprint density at radius 3 is 2.20 bits per heavy atom. The van der Waals surface area contributed by atoms with Gasteiger partial charge in [0.25, 0.3) is 11.6 Å². The van der Waals surface area contributed by atoms with Crippen molar-refractivity contribution in [2.75, 3.05) is 43.4 Å². The van der Waals surface area contributed by atoms with Gasteiger partial charge in [0.05, 0.1) is 16.2 Å². The van der Waals surface area contributed by atoms with Gasteiger partial charge in [-0.05, 0) is 106 Å². The number of nitrogens with one attached hydrogen (secondary N) is 2. The summed E-state index contributed by atoms with van der Waals surface area (Å²) in [4.78, 5) is 29.4. The number of amides is 1. The highest BCUT2D eigenvalue weighted by Gasteiger charge is 2.30. The van der Waals surface area contributed by atoms with Crippen LogP contribution in [0.1, 0.15) is 54.4 Å². The normalized spacial score (nSPS) is 18.4. The van der Waals surface area contributed by atoms with Gasteiger partial charge in [-0.3, -0.25) is 19.8 Å². The smallest absolute Gasteiger partial charge is 0.270 e. The summed E-state index contributed by atoms with van der Waals surface area (Å²) in [6, 6.07) is 21.2. The van der Waals surface area contributed by atoms with Crippen LogP contribution in [0.5, 0.6) is 0 Å². The Morgan fingerprint density at radius 1 is 0.854 bits per heavy atom. The van der Waals surface area contributed by atoms with Crippen molar-refractivity contribution in [1.29, 1.82) is 0 Å². The van der Waals surface area contributed by atoms with Gasteiger partial charge in [0, 0.05) is 35.6 Å². The lowest BCUT2D eigenvalue weighted by atomic mass is 9.98. The summed E-state index contributed by atoms with van der Waals surface area (Å²) in [6.45, 7) is 6.77. The number of nitro groups is 1. The SMILES string of the molecule is O=C1Nc2ccc([N+](=O)[O-])cc2/C1=C(/Nc1ccc(CN2CCCC2)cc1)c1ccc(CCCN2CCCC2)cc1. The molecule has 3 aromatic rings. The van der Waals surface area contributed by atoms with Gasteiger partial charge in [-0.1, -0.05) is 36.4 Å². The van der Waals surface area contributed by atoms with Crippen LogP contribution >= 0.6 is 0 Å². The third-order valence-electron chi connectivity index (χ3n) is 8.42. The fraction of sp³-hybridized carbons (Fsp3) is 0.364. The average Bonchev–Trinajstić information content (AvgIpc) is 3.75. The van der Waals surface area contributed by atoms with Gasteiger partial charge in [0.1, 0.15) is 0 Å². The van der Waals surface area contributed by atoms with Crippen LogP contribution in [-0.4, -0.2) is 53.4 Å². The molecule has 0 aliphatic carbocycles. The fourth-order valence-electron chi connectivity index (χ4n) is 6.18. The summed E-state index contributed by atoms with van der Waals surface area (Å²) in [5, 5.41) is 17.9. The van der Waals surface area contributed by atoms with Crippen molar-refractivity contribution in [2.24, 2.45) is 0 Å². The molecule has 2 N–H and O–H groups in total. The van der Waals surface area contributed by atoms with Gasteiger partial charge in [0.15, 0.2) is 0 Å². The fourth-order valence-corrected chi connectivity index (χ4v) is 6.18. The van der Waals surface area contributed by atoms with E-state index in [-0.39, 0.29) is 11.6 Å². The molecule has 0 radical (unpaired) electrons. The number of fused-ring (bicyclic) bond motifs is 1. The Kier molecular flexibility index (Phi) is 8.11. The predicted molar refractivity (Wildman–Crippen MR) is 164 cm³/mol. The summed E-state index contributed by atoms with van der Waals surface area (Å²) in [6.07, 6.45) is 7.25. The molecule has 3 heterocycles. The number of likely N-dealkylation sites (tertiary alicyclic amines) is 2. The number of hydrogen-bond donors (Lipinski definition) is 2. The molecule has 3 aliphatic rings. The van der Waals surface area contributed by atoms with Gasteiger partial charge < -0.3 is 15.5 Å². The molecule has 0 saturated carbocycles. The van der Waals surface area contributed by atoms with Gasteiger partial charge >= 0.3 is 0 Å². The Morgan fingerprint density at radius 2 is 1.51 bits per heavy atom. The molecular formula is C33H37N5O3. The molecule has 0 bridgehead atoms. The Bertz CT molecular complexity index is 1440. The maximum absolute atomic E-state index is 13.3. The maximum Gasteiger partial charge on any atom is 0.270 e. The van der Waals surface area contributed by atoms with Crippen LogP contribution in [0.2, 0.25) is 0 Å². The van der Waals surface area contributed by atoms with Crippen LogP contribution in [0.4, 0.5) is 17.1 Å². The van der Waals surface area contributed by atoms with E-state index in [1.54, 1.807) is 6.07 Å². The molecular weight excluding hydrogens is 514 g/mol. The summed E-state index contributed by atoms with van der Waals surface area (Å²) >= 11 is 0. The van der Waals surface area contributed by atoms with Gasteiger partial charge in [0.2, 0.25) is 0 Å². The third kappa shape index (κ3) is 6.34. The topological polar surface area (TPSA) is 90.7 Å². The summed E-state index contributed by atoms with van der Waals surface area (Å²) < 4.78 is 0. The number of benzene rings is 3. The minimum atomic E-state index is -0.427. The Labute approximate surface area is 241 Å². The highest BCUT2D eigenvalue weighted by molar-refractivity contribution is 6.37. The highest BCUT2D eigenvalue weighted by Crippen LogP contribution is 2.39. The Hall–Kier alpha value is -4.01. The van der Waals surface area contributed by atoms with E-state index < -0.39 is 4.92 Å². The number of anilines is 2. The number of carbonyl (C=O) groups excluding carboxylic acids is 1. The van der Waals surface area contributed by atoms with Crippen LogP contribution in [0, 0.1) is 10.1 Å². The van der Waals surface area contributed by atoms with E-state index in [1.165, 1.54) is 62.0 Å². The second-order valence-electron chi connectivity index (χ2n) is 11.3. The molecule has 6 rings (SSSR count). The maximum atomic E-state index is 13.3. The highest BCUT2D eigenvalue weighted by atomic mass is 16.6. The lowest BCUT2D eigenvalue weighted by Crippen LogP contribution is -2.20. The lowest BCUT2D eigenvalue weighted by molar-refractivity contribution is -0.384. The quantitative estimate of drug-likeness (QED) is 0.178. The van der Waals surface area contributed by atoms with E-state index >= 15 is 0 Å². The number of non-ortho nitro benzene ring substituents is 1. The number of carbonyl (C=O) groups is 1. The first-order valence-electron chi connectivity index (χ1n) is 14.8. The number of hydrogen-bond acceptors (Lipinski definition) is 6. The van der Waals surface area contributed by atoms with E-state index in [9.17, 15) is 14.9 Å². The summed E-state index contributed by atoms with van der Waals surface area (Å²) in [7, 11) is 0. The second kappa shape index (κ2) is 12.2. The molecule has 2 fully saturated rings. The molecule has 0 aromatic heterocycles. The monoisotopic (exact) mass is 551 g/mol. The standard InChI is InChI=1S/C33H37N5O3/c39-33-31(29-22-28(38(40)41)15-16-30(29)35-33)32(34-27-13-9-25(10-14-27)23-37-19-3-4-20-37)26-11-7-24(8-12-26)6-5-21-36-17-1-2-18-36/h7-16,22,34H,1-6,17-21,23H2,(H,35,39)/b32-31-. The van der Waals surface area contributed by atoms with Crippen molar-refractivity contribution in [1.82, 2.24) is 9.80 Å². The predicted octanol–water partition coefficient (Wildman–Crippen LogP) is 6.15. The Balaban J connectivity index is 1.29. The van der Waals surface area contributed by atoms with E-state index in [4.69, 9.17) is 0 Å². The zero-order chi connectivity index (χ0) is 28.2. The van der Waals surface area contributed by atoms with Crippen molar-refractivity contribution >= 4 is 34.2 Å². The molecule has 0 atom stereocenters. The largest absolute Gasteiger partial charge is 0.354 e. The van der Waals surface area contributed by atoms with E-state index in [0.717, 1.165) is 50.3 Å². The molecule has 0 unspecified atom stereocenters. The van der Waals surface area contributed by atoms with Gasteiger partial charge in [-0.25, -0.2) is 0 Å². The summed E-state index contributed by atoms with van der Waals surface area (Å²) in [5.41, 5.74) is 6.35.